The lowest BCUT2D eigenvalue weighted by Crippen LogP contribution is -2.47. The van der Waals surface area contributed by atoms with Crippen LogP contribution in [0.4, 0.5) is 24.5 Å². The Morgan fingerprint density at radius 1 is 1.14 bits per heavy atom. The number of nitrogens with two attached hydrogens (primary N) is 1. The zero-order chi connectivity index (χ0) is 25.2. The first-order valence-electron chi connectivity index (χ1n) is 10.9. The predicted molar refractivity (Wildman–Crippen MR) is 122 cm³/mol. The molecule has 2 aliphatic rings. The van der Waals surface area contributed by atoms with Crippen molar-refractivity contribution in [1.29, 1.82) is 0 Å². The van der Waals surface area contributed by atoms with Crippen molar-refractivity contribution in [3.8, 4) is 0 Å². The number of anilines is 2. The molecule has 0 spiro atoms. The SMILES string of the molecule is CN1CCN(CCC(=O)NN2C(=C(C(N)=O)c3nccc(C(F)(F)F)n3)Nc3ccccc32)CC1. The summed E-state index contributed by atoms with van der Waals surface area (Å²) in [5.74, 6) is -1.95. The molecule has 2 aliphatic heterocycles. The van der Waals surface area contributed by atoms with E-state index in [0.29, 0.717) is 24.0 Å². The molecular weight excluding hydrogens is 465 g/mol. The lowest BCUT2D eigenvalue weighted by atomic mass is 10.2. The topological polar surface area (TPSA) is 120 Å². The molecule has 4 N–H and O–H groups in total. The van der Waals surface area contributed by atoms with Gasteiger partial charge in [0, 0.05) is 45.3 Å². The Hall–Kier alpha value is -3.71. The zero-order valence-electron chi connectivity index (χ0n) is 19.0. The van der Waals surface area contributed by atoms with E-state index >= 15 is 0 Å². The molecule has 0 unspecified atom stereocenters. The number of alkyl halides is 3. The van der Waals surface area contributed by atoms with Crippen LogP contribution in [-0.4, -0.2) is 71.4 Å². The van der Waals surface area contributed by atoms with Crippen LogP contribution in [0.15, 0.2) is 42.3 Å². The Morgan fingerprint density at radius 2 is 1.86 bits per heavy atom. The van der Waals surface area contributed by atoms with Gasteiger partial charge in [0.2, 0.25) is 5.91 Å². The Morgan fingerprint density at radius 3 is 2.54 bits per heavy atom. The number of carbonyl (C=O) groups excluding carboxylic acids is 2. The van der Waals surface area contributed by atoms with E-state index in [0.717, 1.165) is 32.4 Å². The van der Waals surface area contributed by atoms with Gasteiger partial charge < -0.3 is 20.9 Å². The van der Waals surface area contributed by atoms with E-state index in [4.69, 9.17) is 5.73 Å². The van der Waals surface area contributed by atoms with E-state index in [1.807, 2.05) is 7.05 Å². The van der Waals surface area contributed by atoms with E-state index < -0.39 is 29.2 Å². The molecule has 0 saturated carbocycles. The number of fused-ring (bicyclic) bond motifs is 1. The lowest BCUT2D eigenvalue weighted by molar-refractivity contribution is -0.141. The van der Waals surface area contributed by atoms with Crippen LogP contribution in [0.25, 0.3) is 5.57 Å². The molecule has 2 aromatic rings. The number of halogens is 3. The number of nitrogens with zero attached hydrogens (tertiary/aromatic N) is 5. The smallest absolute Gasteiger partial charge is 0.365 e. The summed E-state index contributed by atoms with van der Waals surface area (Å²) in [5, 5.41) is 4.25. The standard InChI is InChI=1S/C22H25F3N8O2/c1-31-10-12-32(13-11-31)9-7-17(34)30-33-15-5-3-2-4-14(15)28-21(33)18(19(26)35)20-27-8-6-16(29-20)22(23,24)25/h2-6,8,28H,7,9-13H2,1H3,(H2,26,35)(H,30,34). The number of rotatable bonds is 6. The number of hydrogen-bond donors (Lipinski definition) is 3. The number of hydrogen-bond acceptors (Lipinski definition) is 8. The highest BCUT2D eigenvalue weighted by Gasteiger charge is 2.36. The monoisotopic (exact) mass is 490 g/mol. The molecule has 186 valence electrons. The Balaban J connectivity index is 1.63. The van der Waals surface area contributed by atoms with Gasteiger partial charge in [-0.05, 0) is 25.2 Å². The average molecular weight is 490 g/mol. The highest BCUT2D eigenvalue weighted by molar-refractivity contribution is 6.20. The molecule has 1 saturated heterocycles. The van der Waals surface area contributed by atoms with Crippen LogP contribution >= 0.6 is 0 Å². The number of para-hydroxylation sites is 2. The van der Waals surface area contributed by atoms with Gasteiger partial charge in [-0.25, -0.2) is 15.0 Å². The molecule has 13 heteroatoms. The van der Waals surface area contributed by atoms with Crippen molar-refractivity contribution in [3.05, 3.63) is 53.9 Å². The molecule has 4 rings (SSSR count). The summed E-state index contributed by atoms with van der Waals surface area (Å²) in [6.07, 6.45) is -3.66. The molecule has 3 heterocycles. The quantitative estimate of drug-likeness (QED) is 0.518. The van der Waals surface area contributed by atoms with Gasteiger partial charge in [-0.3, -0.25) is 15.0 Å². The maximum Gasteiger partial charge on any atom is 0.433 e. The normalized spacial score (nSPS) is 18.1. The maximum absolute atomic E-state index is 13.2. The number of piperazine rings is 1. The van der Waals surface area contributed by atoms with Crippen molar-refractivity contribution in [2.24, 2.45) is 5.73 Å². The second kappa shape index (κ2) is 9.88. The molecule has 2 amide bonds. The van der Waals surface area contributed by atoms with Crippen LogP contribution < -0.4 is 21.5 Å². The minimum Gasteiger partial charge on any atom is -0.365 e. The third-order valence-electron chi connectivity index (χ3n) is 5.76. The van der Waals surface area contributed by atoms with Crippen molar-refractivity contribution in [1.82, 2.24) is 25.2 Å². The molecule has 1 aromatic heterocycles. The third-order valence-corrected chi connectivity index (χ3v) is 5.76. The first kappa shape index (κ1) is 24.4. The molecule has 1 aromatic carbocycles. The van der Waals surface area contributed by atoms with E-state index in [9.17, 15) is 22.8 Å². The number of carbonyl (C=O) groups is 2. The van der Waals surface area contributed by atoms with Gasteiger partial charge in [-0.2, -0.15) is 13.2 Å². The predicted octanol–water partition coefficient (Wildman–Crippen LogP) is 1.25. The van der Waals surface area contributed by atoms with Gasteiger partial charge in [0.15, 0.2) is 5.82 Å². The van der Waals surface area contributed by atoms with Crippen LogP contribution in [0.1, 0.15) is 17.9 Å². The van der Waals surface area contributed by atoms with Crippen molar-refractivity contribution in [3.63, 3.8) is 0 Å². The highest BCUT2D eigenvalue weighted by atomic mass is 19.4. The van der Waals surface area contributed by atoms with Gasteiger partial charge in [-0.15, -0.1) is 0 Å². The third kappa shape index (κ3) is 5.52. The van der Waals surface area contributed by atoms with Crippen LogP contribution in [0.2, 0.25) is 0 Å². The zero-order valence-corrected chi connectivity index (χ0v) is 19.0. The minimum absolute atomic E-state index is 0.0361. The van der Waals surface area contributed by atoms with Crippen molar-refractivity contribution in [2.45, 2.75) is 12.6 Å². The summed E-state index contributed by atoms with van der Waals surface area (Å²) in [5.41, 5.74) is 7.68. The van der Waals surface area contributed by atoms with E-state index in [1.165, 1.54) is 5.01 Å². The molecule has 0 bridgehead atoms. The Kier molecular flexibility index (Phi) is 6.89. The van der Waals surface area contributed by atoms with E-state index in [-0.39, 0.29) is 18.1 Å². The molecule has 10 nitrogen and oxygen atoms in total. The summed E-state index contributed by atoms with van der Waals surface area (Å²) < 4.78 is 39.7. The van der Waals surface area contributed by atoms with Gasteiger partial charge >= 0.3 is 6.18 Å². The number of primary amides is 1. The maximum atomic E-state index is 13.2. The van der Waals surface area contributed by atoms with Crippen LogP contribution in [-0.2, 0) is 15.8 Å². The average Bonchev–Trinajstić information content (AvgIpc) is 3.16. The molecule has 0 radical (unpaired) electrons. The number of likely N-dealkylation sites (N-methyl/N-ethyl adjacent to an activating group) is 1. The molecule has 0 atom stereocenters. The van der Waals surface area contributed by atoms with Gasteiger partial charge in [-0.1, -0.05) is 12.1 Å². The summed E-state index contributed by atoms with van der Waals surface area (Å²) in [4.78, 5) is 37.0. The Bertz CT molecular complexity index is 1150. The summed E-state index contributed by atoms with van der Waals surface area (Å²) in [7, 11) is 2.04. The first-order valence-corrected chi connectivity index (χ1v) is 10.9. The number of amides is 2. The lowest BCUT2D eigenvalue weighted by Gasteiger charge is -2.32. The summed E-state index contributed by atoms with van der Waals surface area (Å²) in [6.45, 7) is 4.07. The number of aromatic nitrogens is 2. The number of hydrazine groups is 1. The fourth-order valence-electron chi connectivity index (χ4n) is 3.85. The minimum atomic E-state index is -4.74. The Labute approximate surface area is 199 Å². The first-order chi connectivity index (χ1) is 16.6. The van der Waals surface area contributed by atoms with Crippen LogP contribution in [0, 0.1) is 0 Å². The summed E-state index contributed by atoms with van der Waals surface area (Å²) >= 11 is 0. The van der Waals surface area contributed by atoms with Crippen molar-refractivity contribution < 1.29 is 22.8 Å². The molecule has 1 fully saturated rings. The van der Waals surface area contributed by atoms with Crippen LogP contribution in [0.3, 0.4) is 0 Å². The van der Waals surface area contributed by atoms with E-state index in [2.05, 4.69) is 30.5 Å². The number of benzene rings is 1. The number of nitrogens with one attached hydrogen (secondary N) is 2. The van der Waals surface area contributed by atoms with Gasteiger partial charge in [0.05, 0.1) is 11.4 Å². The highest BCUT2D eigenvalue weighted by Crippen LogP contribution is 2.37. The second-order valence-electron chi connectivity index (χ2n) is 8.26. The van der Waals surface area contributed by atoms with E-state index in [1.54, 1.807) is 24.3 Å². The molecule has 0 aliphatic carbocycles. The van der Waals surface area contributed by atoms with Gasteiger partial charge in [0.25, 0.3) is 5.91 Å². The van der Waals surface area contributed by atoms with Gasteiger partial charge in [0.1, 0.15) is 17.1 Å². The fraction of sp³-hybridized carbons (Fsp3) is 0.364. The van der Waals surface area contributed by atoms with Crippen molar-refractivity contribution in [2.75, 3.05) is 50.1 Å². The van der Waals surface area contributed by atoms with Crippen LogP contribution in [0.5, 0.6) is 0 Å². The second-order valence-corrected chi connectivity index (χ2v) is 8.26. The molecule has 35 heavy (non-hydrogen) atoms. The fourth-order valence-corrected chi connectivity index (χ4v) is 3.85. The molecular formula is C22H25F3N8O2. The summed E-state index contributed by atoms with van der Waals surface area (Å²) in [6, 6.07) is 7.52. The largest absolute Gasteiger partial charge is 0.433 e. The van der Waals surface area contributed by atoms with Crippen molar-refractivity contribution >= 4 is 28.8 Å².